The number of aromatic nitrogens is 3. The second-order valence-electron chi connectivity index (χ2n) is 7.13. The molecule has 0 N–H and O–H groups in total. The molecule has 0 atom stereocenters. The molecule has 1 amide bonds. The predicted octanol–water partition coefficient (Wildman–Crippen LogP) is 3.09. The van der Waals surface area contributed by atoms with Crippen molar-refractivity contribution in [2.75, 3.05) is 32.7 Å². The number of rotatable bonds is 5. The summed E-state index contributed by atoms with van der Waals surface area (Å²) in [5.74, 6) is -0.350. The number of halogens is 1. The van der Waals surface area contributed by atoms with E-state index in [2.05, 4.69) is 21.8 Å². The van der Waals surface area contributed by atoms with Gasteiger partial charge in [-0.2, -0.15) is 0 Å². The first-order valence-electron chi connectivity index (χ1n) is 9.77. The molecule has 3 aromatic rings. The van der Waals surface area contributed by atoms with Gasteiger partial charge < -0.3 is 9.30 Å². The van der Waals surface area contributed by atoms with E-state index >= 15 is 0 Å². The minimum absolute atomic E-state index is 0.0519. The molecule has 6 nitrogen and oxygen atoms in total. The van der Waals surface area contributed by atoms with E-state index in [1.807, 2.05) is 4.90 Å². The molecule has 0 saturated carbocycles. The summed E-state index contributed by atoms with van der Waals surface area (Å²) in [6.45, 7) is 6.54. The molecular weight excluding hydrogens is 357 g/mol. The first kappa shape index (κ1) is 18.6. The third kappa shape index (κ3) is 3.75. The van der Waals surface area contributed by atoms with Crippen molar-refractivity contribution in [1.82, 2.24) is 24.2 Å². The van der Waals surface area contributed by atoms with Gasteiger partial charge in [0.1, 0.15) is 17.2 Å². The van der Waals surface area contributed by atoms with Crippen molar-refractivity contribution in [3.8, 4) is 11.3 Å². The summed E-state index contributed by atoms with van der Waals surface area (Å²) in [7, 11) is 0. The molecule has 4 rings (SSSR count). The van der Waals surface area contributed by atoms with E-state index in [1.54, 1.807) is 35.1 Å². The summed E-state index contributed by atoms with van der Waals surface area (Å²) < 4.78 is 15.0. The molecular formula is C21H24FN5O. The molecule has 0 spiro atoms. The van der Waals surface area contributed by atoms with Crippen LogP contribution < -0.4 is 0 Å². The summed E-state index contributed by atoms with van der Waals surface area (Å²) in [5, 5.41) is 0. The lowest BCUT2D eigenvalue weighted by Gasteiger charge is -2.34. The number of fused-ring (bicyclic) bond motifs is 1. The molecule has 1 aromatic carbocycles. The van der Waals surface area contributed by atoms with Crippen molar-refractivity contribution >= 4 is 11.6 Å². The van der Waals surface area contributed by atoms with E-state index in [9.17, 15) is 9.18 Å². The van der Waals surface area contributed by atoms with Crippen LogP contribution in [0, 0.1) is 5.82 Å². The SMILES string of the molecule is CCCCN1CCN(C(=O)c2cn3ccnc(-c4ccc(F)cc4)c3n2)CC1. The van der Waals surface area contributed by atoms with Gasteiger partial charge in [0.25, 0.3) is 5.91 Å². The van der Waals surface area contributed by atoms with Gasteiger partial charge in [0.2, 0.25) is 0 Å². The van der Waals surface area contributed by atoms with Crippen molar-refractivity contribution in [3.63, 3.8) is 0 Å². The highest BCUT2D eigenvalue weighted by molar-refractivity contribution is 5.93. The molecule has 0 radical (unpaired) electrons. The highest BCUT2D eigenvalue weighted by atomic mass is 19.1. The molecule has 3 heterocycles. The first-order valence-corrected chi connectivity index (χ1v) is 9.77. The van der Waals surface area contributed by atoms with Crippen molar-refractivity contribution in [3.05, 3.63) is 54.4 Å². The molecule has 1 saturated heterocycles. The van der Waals surface area contributed by atoms with E-state index in [1.165, 1.54) is 25.0 Å². The maximum absolute atomic E-state index is 13.2. The summed E-state index contributed by atoms with van der Waals surface area (Å²) in [6.07, 6.45) is 7.56. The minimum atomic E-state index is -0.298. The van der Waals surface area contributed by atoms with Gasteiger partial charge in [-0.05, 0) is 37.2 Å². The Morgan fingerprint density at radius 3 is 2.61 bits per heavy atom. The lowest BCUT2D eigenvalue weighted by atomic mass is 10.1. The van der Waals surface area contributed by atoms with E-state index in [0.717, 1.165) is 38.3 Å². The van der Waals surface area contributed by atoms with Crippen molar-refractivity contribution in [2.24, 2.45) is 0 Å². The lowest BCUT2D eigenvalue weighted by molar-refractivity contribution is 0.0630. The van der Waals surface area contributed by atoms with Crippen LogP contribution in [0.3, 0.4) is 0 Å². The zero-order chi connectivity index (χ0) is 19.5. The molecule has 0 bridgehead atoms. The topological polar surface area (TPSA) is 53.7 Å². The molecule has 0 unspecified atom stereocenters. The van der Waals surface area contributed by atoms with Crippen LogP contribution in [-0.2, 0) is 0 Å². The third-order valence-electron chi connectivity index (χ3n) is 5.20. The summed E-state index contributed by atoms with van der Waals surface area (Å²) in [5.41, 5.74) is 2.41. The van der Waals surface area contributed by atoms with Crippen LogP contribution in [0.2, 0.25) is 0 Å². The lowest BCUT2D eigenvalue weighted by Crippen LogP contribution is -2.48. The van der Waals surface area contributed by atoms with Gasteiger partial charge >= 0.3 is 0 Å². The van der Waals surface area contributed by atoms with Gasteiger partial charge in [-0.3, -0.25) is 14.7 Å². The largest absolute Gasteiger partial charge is 0.335 e. The normalized spacial score (nSPS) is 15.3. The summed E-state index contributed by atoms with van der Waals surface area (Å²) in [6, 6.07) is 6.13. The number of hydrogen-bond donors (Lipinski definition) is 0. The number of carbonyl (C=O) groups is 1. The predicted molar refractivity (Wildman–Crippen MR) is 106 cm³/mol. The Labute approximate surface area is 163 Å². The number of unbranched alkanes of at least 4 members (excludes halogenated alkanes) is 1. The van der Waals surface area contributed by atoms with Crippen LogP contribution >= 0.6 is 0 Å². The van der Waals surface area contributed by atoms with E-state index in [4.69, 9.17) is 0 Å². The minimum Gasteiger partial charge on any atom is -0.335 e. The Morgan fingerprint density at radius 2 is 1.89 bits per heavy atom. The Balaban J connectivity index is 1.54. The summed E-state index contributed by atoms with van der Waals surface area (Å²) >= 11 is 0. The number of imidazole rings is 1. The van der Waals surface area contributed by atoms with Crippen molar-refractivity contribution < 1.29 is 9.18 Å². The van der Waals surface area contributed by atoms with E-state index in [0.29, 0.717) is 17.0 Å². The van der Waals surface area contributed by atoms with Crippen LogP contribution in [0.5, 0.6) is 0 Å². The van der Waals surface area contributed by atoms with Gasteiger partial charge in [-0.15, -0.1) is 0 Å². The Hall–Kier alpha value is -2.80. The number of nitrogens with zero attached hydrogens (tertiary/aromatic N) is 5. The van der Waals surface area contributed by atoms with E-state index < -0.39 is 0 Å². The van der Waals surface area contributed by atoms with Crippen molar-refractivity contribution in [1.29, 1.82) is 0 Å². The molecule has 7 heteroatoms. The van der Waals surface area contributed by atoms with Crippen LogP contribution in [-0.4, -0.2) is 62.8 Å². The number of amides is 1. The average molecular weight is 381 g/mol. The quantitative estimate of drug-likeness (QED) is 0.682. The Morgan fingerprint density at radius 1 is 1.14 bits per heavy atom. The molecule has 28 heavy (non-hydrogen) atoms. The van der Waals surface area contributed by atoms with Crippen LogP contribution in [0.4, 0.5) is 4.39 Å². The number of hydrogen-bond acceptors (Lipinski definition) is 4. The smallest absolute Gasteiger partial charge is 0.274 e. The van der Waals surface area contributed by atoms with Crippen LogP contribution in [0.25, 0.3) is 16.9 Å². The zero-order valence-electron chi connectivity index (χ0n) is 16.0. The van der Waals surface area contributed by atoms with Gasteiger partial charge in [0.15, 0.2) is 5.65 Å². The number of benzene rings is 1. The molecule has 1 aliphatic heterocycles. The highest BCUT2D eigenvalue weighted by Gasteiger charge is 2.24. The molecule has 2 aromatic heterocycles. The van der Waals surface area contributed by atoms with E-state index in [-0.39, 0.29) is 11.7 Å². The molecule has 1 fully saturated rings. The summed E-state index contributed by atoms with van der Waals surface area (Å²) in [4.78, 5) is 26.2. The fourth-order valence-corrected chi connectivity index (χ4v) is 3.55. The number of piperazine rings is 1. The average Bonchev–Trinajstić information content (AvgIpc) is 3.17. The first-order chi connectivity index (χ1) is 13.7. The van der Waals surface area contributed by atoms with Crippen LogP contribution in [0.15, 0.2) is 42.9 Å². The Bertz CT molecular complexity index is 961. The monoisotopic (exact) mass is 381 g/mol. The van der Waals surface area contributed by atoms with Gasteiger partial charge in [0.05, 0.1) is 0 Å². The third-order valence-corrected chi connectivity index (χ3v) is 5.20. The van der Waals surface area contributed by atoms with Crippen LogP contribution in [0.1, 0.15) is 30.3 Å². The van der Waals surface area contributed by atoms with Gasteiger partial charge in [-0.1, -0.05) is 13.3 Å². The highest BCUT2D eigenvalue weighted by Crippen LogP contribution is 2.22. The maximum atomic E-state index is 13.2. The van der Waals surface area contributed by atoms with Crippen molar-refractivity contribution in [2.45, 2.75) is 19.8 Å². The zero-order valence-corrected chi connectivity index (χ0v) is 16.0. The van der Waals surface area contributed by atoms with Gasteiger partial charge in [-0.25, -0.2) is 9.37 Å². The number of carbonyl (C=O) groups excluding carboxylic acids is 1. The Kier molecular flexibility index (Phi) is 5.34. The maximum Gasteiger partial charge on any atom is 0.274 e. The fourth-order valence-electron chi connectivity index (χ4n) is 3.55. The fraction of sp³-hybridized carbons (Fsp3) is 0.381. The molecule has 0 aliphatic carbocycles. The molecule has 1 aliphatic rings. The second kappa shape index (κ2) is 8.06. The standard InChI is InChI=1S/C21H24FN5O/c1-2-3-9-25-11-13-26(14-12-25)21(28)18-15-27-10-8-23-19(20(27)24-18)16-4-6-17(22)7-5-16/h4-8,10,15H,2-3,9,11-14H2,1H3. The molecule has 146 valence electrons. The second-order valence-corrected chi connectivity index (χ2v) is 7.13. The van der Waals surface area contributed by atoms with Gasteiger partial charge in [0, 0.05) is 50.3 Å².